The van der Waals surface area contributed by atoms with Gasteiger partial charge < -0.3 is 24.1 Å². The Balaban J connectivity index is 1.23. The maximum atomic E-state index is 12.0. The van der Waals surface area contributed by atoms with Gasteiger partial charge in [0.15, 0.2) is 17.8 Å². The van der Waals surface area contributed by atoms with Crippen LogP contribution >= 0.6 is 11.6 Å². The molecule has 5 aromatic rings. The molecule has 12 nitrogen and oxygen atoms in total. The number of carbonyl (C=O) groups is 1. The molecular formula is C35H31ClN6O6. The zero-order valence-electron chi connectivity index (χ0n) is 25.9. The number of carboxylic acid groups (broad SMARTS) is 1. The van der Waals surface area contributed by atoms with Crippen LogP contribution in [0.1, 0.15) is 27.8 Å². The monoisotopic (exact) mass is 666 g/mol. The predicted octanol–water partition coefficient (Wildman–Crippen LogP) is 5.35. The Morgan fingerprint density at radius 3 is 2.62 bits per heavy atom. The minimum absolute atomic E-state index is 0.0356. The number of hydrogen-bond acceptors (Lipinski definition) is 10. The number of aliphatic carboxylic acids is 1. The van der Waals surface area contributed by atoms with E-state index in [1.54, 1.807) is 30.3 Å². The number of benzene rings is 4. The Morgan fingerprint density at radius 2 is 1.83 bits per heavy atom. The highest BCUT2D eigenvalue weighted by Crippen LogP contribution is 2.37. The highest BCUT2D eigenvalue weighted by Gasteiger charge is 2.21. The van der Waals surface area contributed by atoms with Gasteiger partial charge in [0.25, 0.3) is 0 Å². The fraction of sp³-hybridized carbons (Fsp3) is 0.229. The number of nitriles is 1. The largest absolute Gasteiger partial charge is 0.488 e. The number of carboxylic acids is 1. The number of halogens is 1. The highest BCUT2D eigenvalue weighted by atomic mass is 35.5. The van der Waals surface area contributed by atoms with Crippen molar-refractivity contribution in [2.24, 2.45) is 0 Å². The van der Waals surface area contributed by atoms with Gasteiger partial charge in [-0.05, 0) is 70.3 Å². The van der Waals surface area contributed by atoms with Crippen molar-refractivity contribution < 1.29 is 28.8 Å². The van der Waals surface area contributed by atoms with Crippen molar-refractivity contribution in [3.8, 4) is 40.2 Å². The molecule has 4 aromatic carbocycles. The van der Waals surface area contributed by atoms with Crippen LogP contribution in [0, 0.1) is 18.3 Å². The average Bonchev–Trinajstić information content (AvgIpc) is 3.62. The fourth-order valence-electron chi connectivity index (χ4n) is 5.27. The molecule has 0 radical (unpaired) electrons. The van der Waals surface area contributed by atoms with Crippen molar-refractivity contribution >= 4 is 17.6 Å². The lowest BCUT2D eigenvalue weighted by Gasteiger charge is -2.20. The fourth-order valence-corrected chi connectivity index (χ4v) is 5.51. The van der Waals surface area contributed by atoms with Gasteiger partial charge in [0.05, 0.1) is 23.2 Å². The molecule has 13 heteroatoms. The SMILES string of the molecule is Cc1c(COc2cc(OCc3cccc(C#N)c3)c(CNC(Cn3ncnn3)C(=O)O)cc2Cl)cccc1-c1ccc2c(c1)OCCO2. The number of nitrogens with zero attached hydrogens (tertiary/aromatic N) is 5. The summed E-state index contributed by atoms with van der Waals surface area (Å²) >= 11 is 6.73. The molecule has 1 aromatic heterocycles. The van der Waals surface area contributed by atoms with Gasteiger partial charge in [0.1, 0.15) is 44.0 Å². The van der Waals surface area contributed by atoms with E-state index in [-0.39, 0.29) is 26.3 Å². The third kappa shape index (κ3) is 7.66. The standard InChI is InChI=1S/C35H31ClN6O6/c1-22-26(6-3-7-28(22)25-8-9-31-34(14-25)46-11-10-45-31)20-48-33-15-32(47-19-24-5-2-4-23(12-24)16-37)27(13-29(33)36)17-38-30(35(43)44)18-42-40-21-39-41-42/h2-9,12-15,21,30,38H,10-11,17-20H2,1H3,(H,43,44). The number of tetrazole rings is 1. The van der Waals surface area contributed by atoms with Gasteiger partial charge in [-0.3, -0.25) is 10.1 Å². The lowest BCUT2D eigenvalue weighted by molar-refractivity contribution is -0.140. The molecule has 1 unspecified atom stereocenters. The van der Waals surface area contributed by atoms with Crippen molar-refractivity contribution in [2.75, 3.05) is 13.2 Å². The molecule has 1 aliphatic heterocycles. The first-order valence-electron chi connectivity index (χ1n) is 15.1. The molecule has 2 heterocycles. The van der Waals surface area contributed by atoms with E-state index in [1.165, 1.54) is 11.1 Å². The van der Waals surface area contributed by atoms with Gasteiger partial charge in [-0.1, -0.05) is 48.0 Å². The molecule has 6 rings (SSSR count). The van der Waals surface area contributed by atoms with E-state index in [1.807, 2.05) is 43.3 Å². The summed E-state index contributed by atoms with van der Waals surface area (Å²) in [5, 5.41) is 33.8. The van der Waals surface area contributed by atoms with Crippen LogP contribution in [0.5, 0.6) is 23.0 Å². The van der Waals surface area contributed by atoms with E-state index in [0.29, 0.717) is 40.9 Å². The molecule has 1 atom stereocenters. The zero-order chi connectivity index (χ0) is 33.5. The predicted molar refractivity (Wildman–Crippen MR) is 175 cm³/mol. The normalized spacial score (nSPS) is 12.6. The molecule has 244 valence electrons. The minimum atomic E-state index is -1.08. The Bertz CT molecular complexity index is 1960. The summed E-state index contributed by atoms with van der Waals surface area (Å²) in [4.78, 5) is 13.2. The zero-order valence-corrected chi connectivity index (χ0v) is 26.7. The first kappa shape index (κ1) is 32.3. The molecule has 1 aliphatic rings. The van der Waals surface area contributed by atoms with E-state index >= 15 is 0 Å². The lowest BCUT2D eigenvalue weighted by atomic mass is 9.96. The van der Waals surface area contributed by atoms with Gasteiger partial charge in [0.2, 0.25) is 0 Å². The number of hydrogen-bond donors (Lipinski definition) is 2. The number of ether oxygens (including phenoxy) is 4. The van der Waals surface area contributed by atoms with E-state index in [4.69, 9.17) is 30.5 Å². The van der Waals surface area contributed by atoms with Crippen LogP contribution in [0.15, 0.2) is 79.1 Å². The summed E-state index contributed by atoms with van der Waals surface area (Å²) in [5.41, 5.74) is 5.96. The Hall–Kier alpha value is -5.64. The van der Waals surface area contributed by atoms with E-state index in [2.05, 4.69) is 32.9 Å². The van der Waals surface area contributed by atoms with Gasteiger partial charge in [-0.25, -0.2) is 0 Å². The number of aromatic nitrogens is 4. The van der Waals surface area contributed by atoms with E-state index in [9.17, 15) is 15.2 Å². The Labute approximate surface area is 281 Å². The van der Waals surface area contributed by atoms with Crippen molar-refractivity contribution in [2.45, 2.75) is 39.3 Å². The van der Waals surface area contributed by atoms with Crippen LogP contribution in [0.2, 0.25) is 5.02 Å². The molecular weight excluding hydrogens is 636 g/mol. The van der Waals surface area contributed by atoms with Crippen LogP contribution < -0.4 is 24.3 Å². The molecule has 2 N–H and O–H groups in total. The molecule has 0 spiro atoms. The number of fused-ring (bicyclic) bond motifs is 1. The van der Waals surface area contributed by atoms with Crippen molar-refractivity contribution in [1.82, 2.24) is 25.5 Å². The molecule has 0 bridgehead atoms. The maximum absolute atomic E-state index is 12.0. The van der Waals surface area contributed by atoms with Gasteiger partial charge in [-0.15, -0.1) is 10.2 Å². The molecule has 0 fully saturated rings. The highest BCUT2D eigenvalue weighted by molar-refractivity contribution is 6.32. The molecule has 0 saturated carbocycles. The smallest absolute Gasteiger partial charge is 0.322 e. The van der Waals surface area contributed by atoms with Crippen LogP contribution in [-0.4, -0.2) is 50.5 Å². The summed E-state index contributed by atoms with van der Waals surface area (Å²) in [6, 6.07) is 23.6. The molecule has 48 heavy (non-hydrogen) atoms. The van der Waals surface area contributed by atoms with E-state index in [0.717, 1.165) is 39.3 Å². The second-order valence-electron chi connectivity index (χ2n) is 11.0. The second-order valence-corrected chi connectivity index (χ2v) is 11.4. The molecule has 0 saturated heterocycles. The van der Waals surface area contributed by atoms with E-state index < -0.39 is 12.0 Å². The topological polar surface area (TPSA) is 154 Å². The third-order valence-corrected chi connectivity index (χ3v) is 8.12. The second kappa shape index (κ2) is 14.8. The average molecular weight is 667 g/mol. The van der Waals surface area contributed by atoms with Crippen LogP contribution in [0.3, 0.4) is 0 Å². The third-order valence-electron chi connectivity index (χ3n) is 7.82. The Morgan fingerprint density at radius 1 is 1.02 bits per heavy atom. The first-order valence-corrected chi connectivity index (χ1v) is 15.5. The summed E-state index contributed by atoms with van der Waals surface area (Å²) in [5.74, 6) is 1.21. The summed E-state index contributed by atoms with van der Waals surface area (Å²) in [6.45, 7) is 3.55. The van der Waals surface area contributed by atoms with Gasteiger partial charge >= 0.3 is 5.97 Å². The molecule has 0 aliphatic carbocycles. The maximum Gasteiger partial charge on any atom is 0.322 e. The van der Waals surface area contributed by atoms with Crippen LogP contribution in [-0.2, 0) is 31.1 Å². The number of rotatable bonds is 13. The van der Waals surface area contributed by atoms with Crippen LogP contribution in [0.25, 0.3) is 11.1 Å². The summed E-state index contributed by atoms with van der Waals surface area (Å²) in [6.07, 6.45) is 1.24. The van der Waals surface area contributed by atoms with Crippen molar-refractivity contribution in [3.63, 3.8) is 0 Å². The quantitative estimate of drug-likeness (QED) is 0.167. The Kier molecular flexibility index (Phi) is 9.99. The molecule has 0 amide bonds. The lowest BCUT2D eigenvalue weighted by Crippen LogP contribution is -2.40. The number of nitrogens with one attached hydrogen (secondary N) is 1. The minimum Gasteiger partial charge on any atom is -0.488 e. The van der Waals surface area contributed by atoms with Gasteiger partial charge in [-0.2, -0.15) is 10.1 Å². The summed E-state index contributed by atoms with van der Waals surface area (Å²) in [7, 11) is 0. The van der Waals surface area contributed by atoms with Gasteiger partial charge in [0, 0.05) is 18.2 Å². The van der Waals surface area contributed by atoms with Crippen LogP contribution in [0.4, 0.5) is 0 Å². The van der Waals surface area contributed by atoms with Crippen molar-refractivity contribution in [1.29, 1.82) is 5.26 Å². The first-order chi connectivity index (χ1) is 23.4. The summed E-state index contributed by atoms with van der Waals surface area (Å²) < 4.78 is 23.9. The van der Waals surface area contributed by atoms with Crippen molar-refractivity contribution in [3.05, 3.63) is 112 Å².